The van der Waals surface area contributed by atoms with E-state index < -0.39 is 0 Å². The fraction of sp³-hybridized carbons (Fsp3) is 0.500. The van der Waals surface area contributed by atoms with Gasteiger partial charge in [-0.3, -0.25) is 4.90 Å². The van der Waals surface area contributed by atoms with E-state index in [4.69, 9.17) is 14.7 Å². The van der Waals surface area contributed by atoms with Gasteiger partial charge in [0.1, 0.15) is 5.75 Å². The zero-order chi connectivity index (χ0) is 22.1. The van der Waals surface area contributed by atoms with Gasteiger partial charge in [-0.2, -0.15) is 0 Å². The standard InChI is InChI=1S/C24H31N5O2S/c1-27(15-18-6-4-8-28(18)2)16-20-14-21-22(32-20)24(29-9-11-31-12-10-29)26-23(25-21)17-5-3-7-19(30)13-17/h3,5,7,13-14,18,30H,4,6,8-12,15-16H2,1-2H3/t18-/m1/s1. The van der Waals surface area contributed by atoms with E-state index in [0.717, 1.165) is 47.8 Å². The molecule has 0 unspecified atom stereocenters. The van der Waals surface area contributed by atoms with E-state index in [1.54, 1.807) is 23.5 Å². The van der Waals surface area contributed by atoms with Crippen molar-refractivity contribution in [3.05, 3.63) is 35.2 Å². The average molecular weight is 454 g/mol. The maximum atomic E-state index is 9.96. The predicted octanol–water partition coefficient (Wildman–Crippen LogP) is 3.43. The molecule has 170 valence electrons. The highest BCUT2D eigenvalue weighted by Gasteiger charge is 2.23. The number of hydrogen-bond acceptors (Lipinski definition) is 8. The summed E-state index contributed by atoms with van der Waals surface area (Å²) in [6.45, 7) is 6.28. The first-order valence-corrected chi connectivity index (χ1v) is 12.2. The molecule has 2 aliphatic rings. The number of rotatable bonds is 6. The minimum atomic E-state index is 0.226. The molecular weight excluding hydrogens is 422 g/mol. The summed E-state index contributed by atoms with van der Waals surface area (Å²) in [6.07, 6.45) is 2.58. The molecule has 2 fully saturated rings. The van der Waals surface area contributed by atoms with Gasteiger partial charge >= 0.3 is 0 Å². The highest BCUT2D eigenvalue weighted by molar-refractivity contribution is 7.19. The van der Waals surface area contributed by atoms with E-state index in [2.05, 4.69) is 34.9 Å². The lowest BCUT2D eigenvalue weighted by atomic mass is 10.2. The number of phenols is 1. The van der Waals surface area contributed by atoms with Crippen LogP contribution in [0.5, 0.6) is 5.75 Å². The van der Waals surface area contributed by atoms with E-state index >= 15 is 0 Å². The summed E-state index contributed by atoms with van der Waals surface area (Å²) in [5.41, 5.74) is 1.81. The smallest absolute Gasteiger partial charge is 0.162 e. The fourth-order valence-electron chi connectivity index (χ4n) is 4.71. The Bertz CT molecular complexity index is 1080. The highest BCUT2D eigenvalue weighted by Crippen LogP contribution is 2.35. The van der Waals surface area contributed by atoms with Crippen LogP contribution in [0.4, 0.5) is 5.82 Å². The molecule has 1 atom stereocenters. The van der Waals surface area contributed by atoms with Crippen LogP contribution in [0.15, 0.2) is 30.3 Å². The van der Waals surface area contributed by atoms with Crippen molar-refractivity contribution in [3.8, 4) is 17.1 Å². The molecule has 1 aromatic carbocycles. The van der Waals surface area contributed by atoms with Gasteiger partial charge in [0.05, 0.1) is 23.4 Å². The number of fused-ring (bicyclic) bond motifs is 1. The lowest BCUT2D eigenvalue weighted by molar-refractivity contribution is 0.122. The molecule has 3 aromatic rings. The number of aromatic hydroxyl groups is 1. The van der Waals surface area contributed by atoms with Crippen molar-refractivity contribution in [2.24, 2.45) is 0 Å². The van der Waals surface area contributed by atoms with E-state index in [1.807, 2.05) is 12.1 Å². The summed E-state index contributed by atoms with van der Waals surface area (Å²) < 4.78 is 6.70. The summed E-state index contributed by atoms with van der Waals surface area (Å²) in [4.78, 5) is 18.4. The van der Waals surface area contributed by atoms with Crippen molar-refractivity contribution in [1.82, 2.24) is 19.8 Å². The SMILES string of the molecule is CN(Cc1cc2nc(-c3cccc(O)c3)nc(N3CCOCC3)c2s1)C[C@H]1CCCN1C. The van der Waals surface area contributed by atoms with Crippen molar-refractivity contribution in [2.75, 3.05) is 58.4 Å². The monoisotopic (exact) mass is 453 g/mol. The molecule has 0 amide bonds. The van der Waals surface area contributed by atoms with E-state index in [0.29, 0.717) is 25.1 Å². The van der Waals surface area contributed by atoms with Crippen molar-refractivity contribution < 1.29 is 9.84 Å². The van der Waals surface area contributed by atoms with E-state index in [9.17, 15) is 5.11 Å². The van der Waals surface area contributed by atoms with E-state index in [1.165, 1.54) is 24.3 Å². The molecule has 8 heteroatoms. The maximum Gasteiger partial charge on any atom is 0.162 e. The van der Waals surface area contributed by atoms with Crippen LogP contribution in [0, 0.1) is 0 Å². The number of likely N-dealkylation sites (N-methyl/N-ethyl adjacent to an activating group) is 2. The van der Waals surface area contributed by atoms with Gasteiger partial charge in [-0.1, -0.05) is 12.1 Å². The lowest BCUT2D eigenvalue weighted by Gasteiger charge is -2.28. The number of benzene rings is 1. The molecule has 0 spiro atoms. The van der Waals surface area contributed by atoms with Gasteiger partial charge in [-0.25, -0.2) is 9.97 Å². The third kappa shape index (κ3) is 4.59. The maximum absolute atomic E-state index is 9.96. The Morgan fingerprint density at radius 3 is 2.78 bits per heavy atom. The first kappa shape index (κ1) is 21.6. The summed E-state index contributed by atoms with van der Waals surface area (Å²) in [7, 11) is 4.45. The molecule has 0 saturated carbocycles. The fourth-order valence-corrected chi connectivity index (χ4v) is 5.90. The molecule has 5 rings (SSSR count). The summed E-state index contributed by atoms with van der Waals surface area (Å²) in [5.74, 6) is 1.86. The normalized spacial score (nSPS) is 20.0. The summed E-state index contributed by atoms with van der Waals surface area (Å²) in [6, 6.07) is 10.0. The largest absolute Gasteiger partial charge is 0.508 e. The third-order valence-electron chi connectivity index (χ3n) is 6.44. The van der Waals surface area contributed by atoms with Gasteiger partial charge in [0.15, 0.2) is 11.6 Å². The van der Waals surface area contributed by atoms with Gasteiger partial charge in [0.2, 0.25) is 0 Å². The highest BCUT2D eigenvalue weighted by atomic mass is 32.1. The van der Waals surface area contributed by atoms with Gasteiger partial charge in [-0.15, -0.1) is 11.3 Å². The van der Waals surface area contributed by atoms with Gasteiger partial charge in [-0.05, 0) is 51.7 Å². The Morgan fingerprint density at radius 1 is 1.19 bits per heavy atom. The number of ether oxygens (including phenoxy) is 1. The lowest BCUT2D eigenvalue weighted by Crippen LogP contribution is -2.36. The predicted molar refractivity (Wildman–Crippen MR) is 130 cm³/mol. The molecule has 0 aliphatic carbocycles. The Hall–Kier alpha value is -2.26. The van der Waals surface area contributed by atoms with Gasteiger partial charge in [0.25, 0.3) is 0 Å². The van der Waals surface area contributed by atoms with Crippen LogP contribution in [0.2, 0.25) is 0 Å². The average Bonchev–Trinajstić information content (AvgIpc) is 3.38. The number of thiophene rings is 1. The van der Waals surface area contributed by atoms with Crippen LogP contribution in [0.1, 0.15) is 17.7 Å². The molecule has 32 heavy (non-hydrogen) atoms. The van der Waals surface area contributed by atoms with Crippen LogP contribution in [-0.2, 0) is 11.3 Å². The van der Waals surface area contributed by atoms with Crippen LogP contribution in [0.3, 0.4) is 0 Å². The number of hydrogen-bond donors (Lipinski definition) is 1. The van der Waals surface area contributed by atoms with Crippen LogP contribution in [-0.4, -0.2) is 84.4 Å². The summed E-state index contributed by atoms with van der Waals surface area (Å²) >= 11 is 1.80. The second-order valence-corrected chi connectivity index (χ2v) is 10.1. The molecule has 0 bridgehead atoms. The topological polar surface area (TPSA) is 65.0 Å². The van der Waals surface area contributed by atoms with Crippen LogP contribution >= 0.6 is 11.3 Å². The Labute approximate surface area is 193 Å². The molecule has 7 nitrogen and oxygen atoms in total. The molecule has 2 aromatic heterocycles. The quantitative estimate of drug-likeness (QED) is 0.613. The second kappa shape index (κ2) is 9.31. The number of likely N-dealkylation sites (tertiary alicyclic amines) is 1. The minimum absolute atomic E-state index is 0.226. The zero-order valence-corrected chi connectivity index (χ0v) is 19.6. The number of anilines is 1. The number of aromatic nitrogens is 2. The molecule has 1 N–H and O–H groups in total. The van der Waals surface area contributed by atoms with Crippen molar-refractivity contribution in [1.29, 1.82) is 0 Å². The van der Waals surface area contributed by atoms with Crippen LogP contribution < -0.4 is 4.90 Å². The van der Waals surface area contributed by atoms with Crippen LogP contribution in [0.25, 0.3) is 21.6 Å². The molecular formula is C24H31N5O2S. The van der Waals surface area contributed by atoms with Crippen molar-refractivity contribution in [3.63, 3.8) is 0 Å². The van der Waals surface area contributed by atoms with Crippen molar-refractivity contribution in [2.45, 2.75) is 25.4 Å². The number of phenolic OH excluding ortho intramolecular Hbond substituents is 1. The second-order valence-electron chi connectivity index (χ2n) is 8.92. The molecule has 2 saturated heterocycles. The number of morpholine rings is 1. The number of nitrogens with zero attached hydrogens (tertiary/aromatic N) is 5. The zero-order valence-electron chi connectivity index (χ0n) is 18.8. The first-order chi connectivity index (χ1) is 15.6. The summed E-state index contributed by atoms with van der Waals surface area (Å²) in [5, 5.41) is 9.96. The van der Waals surface area contributed by atoms with Gasteiger partial charge < -0.3 is 19.6 Å². The molecule has 2 aliphatic heterocycles. The Balaban J connectivity index is 1.47. The Morgan fingerprint density at radius 2 is 2.03 bits per heavy atom. The first-order valence-electron chi connectivity index (χ1n) is 11.4. The molecule has 0 radical (unpaired) electrons. The minimum Gasteiger partial charge on any atom is -0.508 e. The Kier molecular flexibility index (Phi) is 6.28. The molecule has 4 heterocycles. The van der Waals surface area contributed by atoms with E-state index in [-0.39, 0.29) is 5.75 Å². The van der Waals surface area contributed by atoms with Gasteiger partial charge in [0, 0.05) is 42.7 Å². The van der Waals surface area contributed by atoms with Crippen molar-refractivity contribution >= 4 is 27.4 Å². The third-order valence-corrected chi connectivity index (χ3v) is 7.54.